The Morgan fingerprint density at radius 1 is 1.58 bits per heavy atom. The first kappa shape index (κ1) is 16.1. The molecule has 2 N–H and O–H groups in total. The van der Waals surface area contributed by atoms with Gasteiger partial charge in [0, 0.05) is 12.6 Å². The topological polar surface area (TPSA) is 50.4 Å². The minimum absolute atomic E-state index is 0. The van der Waals surface area contributed by atoms with Crippen LogP contribution in [0.2, 0.25) is 0 Å². The molecule has 0 aliphatic carbocycles. The number of hydrogen-bond donors (Lipinski definition) is 2. The van der Waals surface area contributed by atoms with Crippen LogP contribution in [0.5, 0.6) is 5.75 Å². The summed E-state index contributed by atoms with van der Waals surface area (Å²) in [5, 5.41) is 7.55. The summed E-state index contributed by atoms with van der Waals surface area (Å²) in [5.41, 5.74) is 0. The number of rotatable bonds is 4. The Bertz CT molecular complexity index is 411. The maximum absolute atomic E-state index is 12.1. The summed E-state index contributed by atoms with van der Waals surface area (Å²) in [6.45, 7) is -1.25. The van der Waals surface area contributed by atoms with E-state index in [2.05, 4.69) is 15.4 Å². The summed E-state index contributed by atoms with van der Waals surface area (Å²) < 4.78 is 28.6. The Hall–Kier alpha value is -0.920. The van der Waals surface area contributed by atoms with Crippen molar-refractivity contribution in [2.45, 2.75) is 25.5 Å². The molecule has 0 spiro atoms. The van der Waals surface area contributed by atoms with Gasteiger partial charge in [0.1, 0.15) is 10.6 Å². The second kappa shape index (κ2) is 7.62. The van der Waals surface area contributed by atoms with E-state index >= 15 is 0 Å². The Morgan fingerprint density at radius 3 is 3.00 bits per heavy atom. The van der Waals surface area contributed by atoms with Crippen LogP contribution in [-0.2, 0) is 0 Å². The van der Waals surface area contributed by atoms with E-state index in [0.717, 1.165) is 30.7 Å². The van der Waals surface area contributed by atoms with Gasteiger partial charge in [-0.05, 0) is 30.8 Å². The fraction of sp³-hybridized carbons (Fsp3) is 0.545. The van der Waals surface area contributed by atoms with E-state index in [9.17, 15) is 13.6 Å². The predicted octanol–water partition coefficient (Wildman–Crippen LogP) is 2.25. The van der Waals surface area contributed by atoms with E-state index in [0.29, 0.717) is 6.54 Å². The largest absolute Gasteiger partial charge is 0.433 e. The van der Waals surface area contributed by atoms with Crippen molar-refractivity contribution >= 4 is 29.7 Å². The van der Waals surface area contributed by atoms with Crippen LogP contribution in [0.3, 0.4) is 0 Å². The Balaban J connectivity index is 0.00000180. The van der Waals surface area contributed by atoms with E-state index in [4.69, 9.17) is 0 Å². The van der Waals surface area contributed by atoms with Crippen molar-refractivity contribution < 1.29 is 18.3 Å². The van der Waals surface area contributed by atoms with E-state index in [1.807, 2.05) is 0 Å². The van der Waals surface area contributed by atoms with Gasteiger partial charge in [0.05, 0.1) is 0 Å². The number of carbonyl (C=O) groups excluding carboxylic acids is 1. The van der Waals surface area contributed by atoms with Crippen molar-refractivity contribution in [1.29, 1.82) is 0 Å². The number of halogens is 3. The Morgan fingerprint density at radius 2 is 2.37 bits per heavy atom. The highest BCUT2D eigenvalue weighted by Gasteiger charge is 2.21. The third-order valence-electron chi connectivity index (χ3n) is 2.68. The van der Waals surface area contributed by atoms with Crippen LogP contribution in [0.1, 0.15) is 22.5 Å². The first-order valence-electron chi connectivity index (χ1n) is 5.70. The summed E-state index contributed by atoms with van der Waals surface area (Å²) in [6, 6.07) is 1.43. The number of piperidine rings is 1. The number of carbonyl (C=O) groups is 1. The lowest BCUT2D eigenvalue weighted by molar-refractivity contribution is -0.0498. The minimum atomic E-state index is -2.91. The maximum Gasteiger partial charge on any atom is 0.387 e. The van der Waals surface area contributed by atoms with Crippen molar-refractivity contribution in [2.24, 2.45) is 0 Å². The molecule has 1 amide bonds. The van der Waals surface area contributed by atoms with Crippen molar-refractivity contribution in [1.82, 2.24) is 10.6 Å². The molecule has 1 atom stereocenters. The molecule has 0 aromatic carbocycles. The van der Waals surface area contributed by atoms with Gasteiger partial charge in [-0.25, -0.2) is 0 Å². The molecule has 0 radical (unpaired) electrons. The van der Waals surface area contributed by atoms with E-state index in [1.54, 1.807) is 5.38 Å². The first-order chi connectivity index (χ1) is 8.66. The van der Waals surface area contributed by atoms with Crippen molar-refractivity contribution in [3.05, 3.63) is 16.3 Å². The second-order valence-electron chi connectivity index (χ2n) is 4.01. The van der Waals surface area contributed by atoms with Crippen molar-refractivity contribution in [3.8, 4) is 5.75 Å². The average Bonchev–Trinajstić information content (AvgIpc) is 2.77. The minimum Gasteiger partial charge on any atom is -0.433 e. The van der Waals surface area contributed by atoms with Gasteiger partial charge in [-0.2, -0.15) is 8.78 Å². The summed E-state index contributed by atoms with van der Waals surface area (Å²) in [4.78, 5) is 12.1. The zero-order valence-corrected chi connectivity index (χ0v) is 11.7. The lowest BCUT2D eigenvalue weighted by Crippen LogP contribution is -2.45. The highest BCUT2D eigenvalue weighted by atomic mass is 35.5. The molecule has 1 aromatic heterocycles. The molecule has 108 valence electrons. The van der Waals surface area contributed by atoms with Crippen LogP contribution in [0, 0.1) is 0 Å². The Kier molecular flexibility index (Phi) is 6.47. The standard InChI is InChI=1S/C11H14F2N2O2S.ClH/c12-11(13)17-8-3-5-18-9(8)10(16)15-7-2-1-4-14-6-7;/h3,5,7,11,14H,1-2,4,6H2,(H,15,16);1H. The molecule has 19 heavy (non-hydrogen) atoms. The van der Waals surface area contributed by atoms with Crippen molar-refractivity contribution in [3.63, 3.8) is 0 Å². The highest BCUT2D eigenvalue weighted by molar-refractivity contribution is 7.12. The van der Waals surface area contributed by atoms with Crippen LogP contribution in [0.25, 0.3) is 0 Å². The first-order valence-corrected chi connectivity index (χ1v) is 6.58. The second-order valence-corrected chi connectivity index (χ2v) is 4.93. The van der Waals surface area contributed by atoms with Crippen LogP contribution in [-0.4, -0.2) is 31.7 Å². The average molecular weight is 313 g/mol. The monoisotopic (exact) mass is 312 g/mol. The van der Waals surface area contributed by atoms with Crippen LogP contribution in [0.15, 0.2) is 11.4 Å². The van der Waals surface area contributed by atoms with Gasteiger partial charge in [0.2, 0.25) is 0 Å². The SMILES string of the molecule is Cl.O=C(NC1CCCNC1)c1sccc1OC(F)F. The molecule has 2 rings (SSSR count). The highest BCUT2D eigenvalue weighted by Crippen LogP contribution is 2.26. The van der Waals surface area contributed by atoms with Gasteiger partial charge in [0.25, 0.3) is 5.91 Å². The summed E-state index contributed by atoms with van der Waals surface area (Å²) in [6.07, 6.45) is 1.89. The van der Waals surface area contributed by atoms with E-state index in [1.165, 1.54) is 6.07 Å². The Labute approximate surface area is 119 Å². The number of thiophene rings is 1. The normalized spacial score (nSPS) is 18.8. The number of amides is 1. The fourth-order valence-electron chi connectivity index (χ4n) is 1.88. The molecule has 0 saturated carbocycles. The number of nitrogens with one attached hydrogen (secondary N) is 2. The molecule has 2 heterocycles. The number of ether oxygens (including phenoxy) is 1. The molecule has 1 saturated heterocycles. The third kappa shape index (κ3) is 4.59. The maximum atomic E-state index is 12.1. The predicted molar refractivity (Wildman–Crippen MR) is 71.6 cm³/mol. The lowest BCUT2D eigenvalue weighted by atomic mass is 10.1. The summed E-state index contributed by atoms with van der Waals surface area (Å²) in [7, 11) is 0. The van der Waals surface area contributed by atoms with Crippen LogP contribution >= 0.6 is 23.7 Å². The zero-order chi connectivity index (χ0) is 13.0. The van der Waals surface area contributed by atoms with Gasteiger partial charge >= 0.3 is 6.61 Å². The molecular weight excluding hydrogens is 298 g/mol. The molecule has 0 bridgehead atoms. The quantitative estimate of drug-likeness (QED) is 0.896. The van der Waals surface area contributed by atoms with Crippen molar-refractivity contribution in [2.75, 3.05) is 13.1 Å². The van der Waals surface area contributed by atoms with E-state index in [-0.39, 0.29) is 35.0 Å². The molecular formula is C11H15ClF2N2O2S. The van der Waals surface area contributed by atoms with E-state index < -0.39 is 6.61 Å². The summed E-state index contributed by atoms with van der Waals surface area (Å²) >= 11 is 1.10. The molecule has 1 unspecified atom stereocenters. The number of alkyl halides is 2. The lowest BCUT2D eigenvalue weighted by Gasteiger charge is -2.23. The van der Waals surface area contributed by atoms with Crippen LogP contribution < -0.4 is 15.4 Å². The molecule has 4 nitrogen and oxygen atoms in total. The number of hydrogen-bond acceptors (Lipinski definition) is 4. The smallest absolute Gasteiger partial charge is 0.387 e. The van der Waals surface area contributed by atoms with Gasteiger partial charge < -0.3 is 15.4 Å². The van der Waals surface area contributed by atoms with Crippen LogP contribution in [0.4, 0.5) is 8.78 Å². The fourth-order valence-corrected chi connectivity index (χ4v) is 2.60. The molecule has 1 aliphatic rings. The molecule has 1 aliphatic heterocycles. The zero-order valence-electron chi connectivity index (χ0n) is 10.0. The summed E-state index contributed by atoms with van der Waals surface area (Å²) in [5.74, 6) is -0.411. The molecule has 1 aromatic rings. The van der Waals surface area contributed by atoms with Gasteiger partial charge in [-0.15, -0.1) is 23.7 Å². The molecule has 1 fully saturated rings. The van der Waals surface area contributed by atoms with Gasteiger partial charge in [0.15, 0.2) is 0 Å². The van der Waals surface area contributed by atoms with Gasteiger partial charge in [-0.1, -0.05) is 0 Å². The molecule has 8 heteroatoms. The van der Waals surface area contributed by atoms with Gasteiger partial charge in [-0.3, -0.25) is 4.79 Å². The third-order valence-corrected chi connectivity index (χ3v) is 3.58.